The van der Waals surface area contributed by atoms with Crippen molar-refractivity contribution in [3.63, 3.8) is 0 Å². The number of aldehydes is 1. The number of fused-ring (bicyclic) bond motifs is 1. The predicted molar refractivity (Wildman–Crippen MR) is 63.3 cm³/mol. The third-order valence-electron chi connectivity index (χ3n) is 2.89. The van der Waals surface area contributed by atoms with E-state index in [0.29, 0.717) is 17.8 Å². The molecule has 0 amide bonds. The number of hydrogen-bond acceptors (Lipinski definition) is 3. The molecule has 0 radical (unpaired) electrons. The van der Waals surface area contributed by atoms with Gasteiger partial charge in [-0.1, -0.05) is 0 Å². The van der Waals surface area contributed by atoms with Crippen molar-refractivity contribution < 1.29 is 23.0 Å². The summed E-state index contributed by atoms with van der Waals surface area (Å²) in [6, 6.07) is 6.01. The zero-order chi connectivity index (χ0) is 13.4. The lowest BCUT2D eigenvalue weighted by Crippen LogP contribution is -1.93. The number of rotatable bonds is 2. The summed E-state index contributed by atoms with van der Waals surface area (Å²) in [6.07, 6.45) is 0.571. The maximum atomic E-state index is 13.8. The van der Waals surface area contributed by atoms with Gasteiger partial charge in [0.05, 0.1) is 0 Å². The van der Waals surface area contributed by atoms with Crippen LogP contribution in [0.1, 0.15) is 10.4 Å². The Hall–Kier alpha value is -2.43. The summed E-state index contributed by atoms with van der Waals surface area (Å²) < 4.78 is 37.3. The van der Waals surface area contributed by atoms with Gasteiger partial charge in [-0.2, -0.15) is 0 Å². The van der Waals surface area contributed by atoms with Gasteiger partial charge in [-0.05, 0) is 35.9 Å². The molecule has 1 aliphatic heterocycles. The summed E-state index contributed by atoms with van der Waals surface area (Å²) in [5, 5.41) is 0. The number of hydrogen-bond donors (Lipinski definition) is 0. The summed E-state index contributed by atoms with van der Waals surface area (Å²) in [5.74, 6) is -0.360. The molecule has 0 aliphatic carbocycles. The van der Waals surface area contributed by atoms with Crippen molar-refractivity contribution in [3.05, 3.63) is 47.5 Å². The molecule has 1 heterocycles. The molecule has 0 saturated heterocycles. The molecule has 19 heavy (non-hydrogen) atoms. The molecule has 96 valence electrons. The van der Waals surface area contributed by atoms with E-state index in [9.17, 15) is 13.6 Å². The SMILES string of the molecule is O=Cc1cc2c(cc1-c1cc(F)ccc1F)OCO2. The number of halogens is 2. The summed E-state index contributed by atoms with van der Waals surface area (Å²) in [6.45, 7) is 0.0444. The summed E-state index contributed by atoms with van der Waals surface area (Å²) in [7, 11) is 0. The van der Waals surface area contributed by atoms with E-state index < -0.39 is 11.6 Å². The topological polar surface area (TPSA) is 35.5 Å². The highest BCUT2D eigenvalue weighted by Gasteiger charge is 2.19. The monoisotopic (exact) mass is 262 g/mol. The van der Waals surface area contributed by atoms with E-state index in [4.69, 9.17) is 9.47 Å². The Balaban J connectivity index is 2.24. The molecule has 5 heteroatoms. The van der Waals surface area contributed by atoms with Gasteiger partial charge in [-0.15, -0.1) is 0 Å². The van der Waals surface area contributed by atoms with Gasteiger partial charge in [0.1, 0.15) is 11.6 Å². The first-order valence-corrected chi connectivity index (χ1v) is 5.53. The number of carbonyl (C=O) groups is 1. The Labute approximate surface area is 107 Å². The van der Waals surface area contributed by atoms with E-state index in [2.05, 4.69) is 0 Å². The molecule has 0 atom stereocenters. The van der Waals surface area contributed by atoms with Crippen LogP contribution in [0, 0.1) is 11.6 Å². The Bertz CT molecular complexity index is 668. The average Bonchev–Trinajstić information content (AvgIpc) is 2.87. The van der Waals surface area contributed by atoms with Crippen molar-refractivity contribution in [2.45, 2.75) is 0 Å². The molecule has 0 saturated carbocycles. The smallest absolute Gasteiger partial charge is 0.231 e. The predicted octanol–water partition coefficient (Wildman–Crippen LogP) is 3.17. The molecule has 0 aromatic heterocycles. The van der Waals surface area contributed by atoms with Gasteiger partial charge < -0.3 is 9.47 Å². The first-order valence-electron chi connectivity index (χ1n) is 5.53. The van der Waals surface area contributed by atoms with Crippen LogP contribution >= 0.6 is 0 Å². The van der Waals surface area contributed by atoms with Crippen LogP contribution < -0.4 is 9.47 Å². The number of benzene rings is 2. The average molecular weight is 262 g/mol. The Morgan fingerprint density at radius 3 is 2.47 bits per heavy atom. The van der Waals surface area contributed by atoms with Gasteiger partial charge in [0.15, 0.2) is 17.8 Å². The minimum atomic E-state index is -0.608. The molecular formula is C14H8F2O3. The van der Waals surface area contributed by atoms with E-state index in [1.807, 2.05) is 0 Å². The van der Waals surface area contributed by atoms with Gasteiger partial charge in [-0.25, -0.2) is 8.78 Å². The highest BCUT2D eigenvalue weighted by atomic mass is 19.1. The Morgan fingerprint density at radius 1 is 1.00 bits per heavy atom. The summed E-state index contributed by atoms with van der Waals surface area (Å²) >= 11 is 0. The minimum absolute atomic E-state index is 0.0143. The third kappa shape index (κ3) is 1.93. The fourth-order valence-corrected chi connectivity index (χ4v) is 1.99. The van der Waals surface area contributed by atoms with Gasteiger partial charge in [0, 0.05) is 11.1 Å². The lowest BCUT2D eigenvalue weighted by molar-refractivity contribution is 0.112. The van der Waals surface area contributed by atoms with Crippen LogP contribution in [0.5, 0.6) is 11.5 Å². The first kappa shape index (κ1) is 11.6. The number of ether oxygens (including phenoxy) is 2. The third-order valence-corrected chi connectivity index (χ3v) is 2.89. The normalized spacial score (nSPS) is 12.5. The molecule has 1 aliphatic rings. The molecule has 0 fully saturated rings. The second kappa shape index (κ2) is 4.35. The fraction of sp³-hybridized carbons (Fsp3) is 0.0714. The lowest BCUT2D eigenvalue weighted by Gasteiger charge is -2.08. The van der Waals surface area contributed by atoms with Crippen molar-refractivity contribution in [3.8, 4) is 22.6 Å². The standard InChI is InChI=1S/C14H8F2O3/c15-9-1-2-12(16)11(4-9)10-5-14-13(18-7-19-14)3-8(10)6-17/h1-6H,7H2. The molecule has 0 spiro atoms. The van der Waals surface area contributed by atoms with Crippen LogP contribution in [0.3, 0.4) is 0 Å². The zero-order valence-electron chi connectivity index (χ0n) is 9.65. The molecule has 2 aromatic rings. The summed E-state index contributed by atoms with van der Waals surface area (Å²) in [4.78, 5) is 11.1. The molecule has 0 bridgehead atoms. The molecule has 3 rings (SSSR count). The quantitative estimate of drug-likeness (QED) is 0.780. The second-order valence-electron chi connectivity index (χ2n) is 4.03. The van der Waals surface area contributed by atoms with Crippen LogP contribution in [-0.4, -0.2) is 13.1 Å². The van der Waals surface area contributed by atoms with Gasteiger partial charge in [-0.3, -0.25) is 4.79 Å². The van der Waals surface area contributed by atoms with Gasteiger partial charge in [0.2, 0.25) is 6.79 Å². The number of carbonyl (C=O) groups excluding carboxylic acids is 1. The highest BCUT2D eigenvalue weighted by Crippen LogP contribution is 2.39. The van der Waals surface area contributed by atoms with Crippen LogP contribution in [0.2, 0.25) is 0 Å². The zero-order valence-corrected chi connectivity index (χ0v) is 9.65. The highest BCUT2D eigenvalue weighted by molar-refractivity contribution is 5.89. The maximum Gasteiger partial charge on any atom is 0.231 e. The largest absolute Gasteiger partial charge is 0.454 e. The molecule has 0 N–H and O–H groups in total. The van der Waals surface area contributed by atoms with Crippen molar-refractivity contribution in [1.29, 1.82) is 0 Å². The first-order chi connectivity index (χ1) is 9.19. The summed E-state index contributed by atoms with van der Waals surface area (Å²) in [5.41, 5.74) is 0.505. The Morgan fingerprint density at radius 2 is 1.74 bits per heavy atom. The van der Waals surface area contributed by atoms with Crippen LogP contribution in [0.15, 0.2) is 30.3 Å². The van der Waals surface area contributed by atoms with Crippen molar-refractivity contribution in [2.75, 3.05) is 6.79 Å². The van der Waals surface area contributed by atoms with E-state index in [0.717, 1.165) is 18.2 Å². The molecular weight excluding hydrogens is 254 g/mol. The van der Waals surface area contributed by atoms with E-state index in [1.165, 1.54) is 12.1 Å². The van der Waals surface area contributed by atoms with Crippen molar-refractivity contribution in [1.82, 2.24) is 0 Å². The molecule has 2 aromatic carbocycles. The van der Waals surface area contributed by atoms with E-state index >= 15 is 0 Å². The van der Waals surface area contributed by atoms with Crippen LogP contribution in [-0.2, 0) is 0 Å². The van der Waals surface area contributed by atoms with Gasteiger partial charge >= 0.3 is 0 Å². The second-order valence-corrected chi connectivity index (χ2v) is 4.03. The van der Waals surface area contributed by atoms with E-state index in [1.54, 1.807) is 0 Å². The van der Waals surface area contributed by atoms with Crippen molar-refractivity contribution >= 4 is 6.29 Å². The van der Waals surface area contributed by atoms with Gasteiger partial charge in [0.25, 0.3) is 0 Å². The molecule has 0 unspecified atom stereocenters. The maximum absolute atomic E-state index is 13.8. The minimum Gasteiger partial charge on any atom is -0.454 e. The van der Waals surface area contributed by atoms with Crippen LogP contribution in [0.25, 0.3) is 11.1 Å². The van der Waals surface area contributed by atoms with Crippen LogP contribution in [0.4, 0.5) is 8.78 Å². The van der Waals surface area contributed by atoms with E-state index in [-0.39, 0.29) is 23.5 Å². The lowest BCUT2D eigenvalue weighted by atomic mass is 9.99. The van der Waals surface area contributed by atoms with Crippen molar-refractivity contribution in [2.24, 2.45) is 0 Å². The Kier molecular flexibility index (Phi) is 2.67. The molecule has 3 nitrogen and oxygen atoms in total. The fourth-order valence-electron chi connectivity index (χ4n) is 1.99.